The predicted molar refractivity (Wildman–Crippen MR) is 83.5 cm³/mol. The average Bonchev–Trinajstić information content (AvgIpc) is 2.96. The van der Waals surface area contributed by atoms with Gasteiger partial charge in [0.25, 0.3) is 0 Å². The van der Waals surface area contributed by atoms with E-state index in [1.807, 2.05) is 52.8 Å². The van der Waals surface area contributed by atoms with E-state index in [0.29, 0.717) is 6.54 Å². The van der Waals surface area contributed by atoms with Gasteiger partial charge in [0.15, 0.2) is 0 Å². The van der Waals surface area contributed by atoms with Crippen molar-refractivity contribution in [2.24, 2.45) is 7.05 Å². The van der Waals surface area contributed by atoms with Crippen LogP contribution in [0.15, 0.2) is 10.6 Å². The van der Waals surface area contributed by atoms with Crippen molar-refractivity contribution in [1.82, 2.24) is 19.8 Å². The predicted octanol–water partition coefficient (Wildman–Crippen LogP) is 1.79. The Morgan fingerprint density at radius 1 is 1.45 bits per heavy atom. The summed E-state index contributed by atoms with van der Waals surface area (Å²) in [6.45, 7) is 8.08. The number of nitrogens with one attached hydrogen (secondary N) is 1. The summed E-state index contributed by atoms with van der Waals surface area (Å²) in [6.07, 6.45) is 0. The highest BCUT2D eigenvalue weighted by Gasteiger charge is 2.21. The minimum atomic E-state index is -0.295. The van der Waals surface area contributed by atoms with Gasteiger partial charge >= 0.3 is 0 Å². The zero-order chi connectivity index (χ0) is 16.4. The second kappa shape index (κ2) is 6.31. The van der Waals surface area contributed by atoms with Gasteiger partial charge in [-0.05, 0) is 34.7 Å². The van der Waals surface area contributed by atoms with Crippen molar-refractivity contribution >= 4 is 11.6 Å². The number of carbonyl (C=O) groups is 1. The number of amides is 1. The molecule has 1 atom stereocenters. The Hall–Kier alpha value is -2.15. The average molecular weight is 305 g/mol. The summed E-state index contributed by atoms with van der Waals surface area (Å²) >= 11 is 0. The second-order valence-electron chi connectivity index (χ2n) is 5.68. The summed E-state index contributed by atoms with van der Waals surface area (Å²) in [5.41, 5.74) is 3.35. The highest BCUT2D eigenvalue weighted by atomic mass is 16.5. The van der Waals surface area contributed by atoms with E-state index in [9.17, 15) is 4.79 Å². The van der Waals surface area contributed by atoms with E-state index in [0.717, 1.165) is 28.5 Å². The topological polar surface area (TPSA) is 76.2 Å². The Morgan fingerprint density at radius 2 is 2.14 bits per heavy atom. The quantitative estimate of drug-likeness (QED) is 0.911. The van der Waals surface area contributed by atoms with E-state index in [1.165, 1.54) is 0 Å². The molecule has 1 unspecified atom stereocenters. The Morgan fingerprint density at radius 3 is 2.64 bits per heavy atom. The lowest BCUT2D eigenvalue weighted by Gasteiger charge is -2.22. The number of rotatable bonds is 5. The number of carbonyl (C=O) groups excluding carboxylic acids is 1. The first kappa shape index (κ1) is 16.2. The highest BCUT2D eigenvalue weighted by Crippen LogP contribution is 2.19. The molecular weight excluding hydrogens is 282 g/mol. The van der Waals surface area contributed by atoms with Crippen LogP contribution in [0.4, 0.5) is 5.69 Å². The molecule has 7 nitrogen and oxygen atoms in total. The largest absolute Gasteiger partial charge is 0.361 e. The van der Waals surface area contributed by atoms with Gasteiger partial charge < -0.3 is 9.84 Å². The molecule has 22 heavy (non-hydrogen) atoms. The molecule has 0 aromatic carbocycles. The van der Waals surface area contributed by atoms with Crippen molar-refractivity contribution in [3.05, 3.63) is 28.9 Å². The zero-order valence-electron chi connectivity index (χ0n) is 14.0. The summed E-state index contributed by atoms with van der Waals surface area (Å²) in [6, 6.07) is 1.58. The summed E-state index contributed by atoms with van der Waals surface area (Å²) in [7, 11) is 3.75. The molecule has 2 aromatic heterocycles. The molecule has 120 valence electrons. The molecule has 0 aliphatic heterocycles. The van der Waals surface area contributed by atoms with E-state index in [-0.39, 0.29) is 11.9 Å². The van der Waals surface area contributed by atoms with Gasteiger partial charge in [-0.3, -0.25) is 14.4 Å². The molecular formula is C15H23N5O2. The van der Waals surface area contributed by atoms with Crippen LogP contribution in [0.5, 0.6) is 0 Å². The third kappa shape index (κ3) is 3.36. The van der Waals surface area contributed by atoms with Crippen LogP contribution in [-0.4, -0.2) is 38.8 Å². The smallest absolute Gasteiger partial charge is 0.241 e. The Bertz CT molecular complexity index is 674. The molecule has 1 amide bonds. The number of aromatic nitrogens is 3. The van der Waals surface area contributed by atoms with Crippen LogP contribution >= 0.6 is 0 Å². The molecule has 0 radical (unpaired) electrons. The van der Waals surface area contributed by atoms with Gasteiger partial charge in [0.05, 0.1) is 28.8 Å². The van der Waals surface area contributed by atoms with Crippen LogP contribution in [0.25, 0.3) is 0 Å². The minimum Gasteiger partial charge on any atom is -0.361 e. The van der Waals surface area contributed by atoms with E-state index in [1.54, 1.807) is 4.68 Å². The fraction of sp³-hybridized carbons (Fsp3) is 0.533. The SMILES string of the molecule is Cc1cc(CN(C)C(C)C(=O)Nc2c(C)nn(C)c2C)no1. The van der Waals surface area contributed by atoms with Gasteiger partial charge in [0, 0.05) is 19.7 Å². The third-order valence-electron chi connectivity index (χ3n) is 3.89. The van der Waals surface area contributed by atoms with Crippen molar-refractivity contribution in [1.29, 1.82) is 0 Å². The van der Waals surface area contributed by atoms with Gasteiger partial charge in [0.2, 0.25) is 5.91 Å². The first-order chi connectivity index (χ1) is 10.3. The van der Waals surface area contributed by atoms with Crippen LogP contribution in [0.3, 0.4) is 0 Å². The lowest BCUT2D eigenvalue weighted by Crippen LogP contribution is -2.39. The lowest BCUT2D eigenvalue weighted by atomic mass is 10.2. The number of likely N-dealkylation sites (N-methyl/N-ethyl adjacent to an activating group) is 1. The minimum absolute atomic E-state index is 0.0677. The zero-order valence-corrected chi connectivity index (χ0v) is 14.0. The van der Waals surface area contributed by atoms with Crippen LogP contribution < -0.4 is 5.32 Å². The lowest BCUT2D eigenvalue weighted by molar-refractivity contribution is -0.120. The van der Waals surface area contributed by atoms with Crippen LogP contribution in [0.2, 0.25) is 0 Å². The van der Waals surface area contributed by atoms with Crippen molar-refractivity contribution < 1.29 is 9.32 Å². The van der Waals surface area contributed by atoms with Gasteiger partial charge in [-0.15, -0.1) is 0 Å². The Balaban J connectivity index is 2.02. The number of hydrogen-bond acceptors (Lipinski definition) is 5. The molecule has 2 rings (SSSR count). The number of aryl methyl sites for hydroxylation is 3. The van der Waals surface area contributed by atoms with Gasteiger partial charge in [-0.25, -0.2) is 0 Å². The Kier molecular flexibility index (Phi) is 4.65. The third-order valence-corrected chi connectivity index (χ3v) is 3.89. The van der Waals surface area contributed by atoms with Crippen LogP contribution in [-0.2, 0) is 18.4 Å². The van der Waals surface area contributed by atoms with E-state index in [4.69, 9.17) is 4.52 Å². The molecule has 2 aromatic rings. The fourth-order valence-corrected chi connectivity index (χ4v) is 2.27. The molecule has 0 fully saturated rings. The van der Waals surface area contributed by atoms with Gasteiger partial charge in [0.1, 0.15) is 5.76 Å². The fourth-order valence-electron chi connectivity index (χ4n) is 2.27. The summed E-state index contributed by atoms with van der Waals surface area (Å²) in [4.78, 5) is 14.4. The maximum atomic E-state index is 12.4. The second-order valence-corrected chi connectivity index (χ2v) is 5.68. The molecule has 0 aliphatic rings. The van der Waals surface area contributed by atoms with Gasteiger partial charge in [-0.2, -0.15) is 5.10 Å². The summed E-state index contributed by atoms with van der Waals surface area (Å²) in [5.74, 6) is 0.698. The van der Waals surface area contributed by atoms with E-state index in [2.05, 4.69) is 15.6 Å². The van der Waals surface area contributed by atoms with Crippen LogP contribution in [0.1, 0.15) is 29.8 Å². The monoisotopic (exact) mass is 305 g/mol. The van der Waals surface area contributed by atoms with E-state index < -0.39 is 0 Å². The normalized spacial score (nSPS) is 12.7. The molecule has 0 spiro atoms. The van der Waals surface area contributed by atoms with Crippen molar-refractivity contribution in [3.8, 4) is 0 Å². The molecule has 0 saturated heterocycles. The van der Waals surface area contributed by atoms with Crippen molar-refractivity contribution in [2.75, 3.05) is 12.4 Å². The molecule has 2 heterocycles. The summed E-state index contributed by atoms with van der Waals surface area (Å²) in [5, 5.41) is 11.2. The number of nitrogens with zero attached hydrogens (tertiary/aromatic N) is 4. The molecule has 1 N–H and O–H groups in total. The van der Waals surface area contributed by atoms with Crippen LogP contribution in [0, 0.1) is 20.8 Å². The molecule has 0 aliphatic carbocycles. The van der Waals surface area contributed by atoms with Crippen molar-refractivity contribution in [3.63, 3.8) is 0 Å². The molecule has 7 heteroatoms. The Labute approximate surface area is 130 Å². The van der Waals surface area contributed by atoms with Gasteiger partial charge in [-0.1, -0.05) is 5.16 Å². The first-order valence-electron chi connectivity index (χ1n) is 7.23. The first-order valence-corrected chi connectivity index (χ1v) is 7.23. The summed E-state index contributed by atoms with van der Waals surface area (Å²) < 4.78 is 6.81. The number of hydrogen-bond donors (Lipinski definition) is 1. The maximum absolute atomic E-state index is 12.4. The standard InChI is InChI=1S/C15H23N5O2/c1-9-7-13(18-22-9)8-19(5)12(4)15(21)16-14-10(2)17-20(6)11(14)3/h7,12H,8H2,1-6H3,(H,16,21). The number of anilines is 1. The molecule has 0 saturated carbocycles. The highest BCUT2D eigenvalue weighted by molar-refractivity contribution is 5.95. The van der Waals surface area contributed by atoms with E-state index >= 15 is 0 Å². The maximum Gasteiger partial charge on any atom is 0.241 e. The van der Waals surface area contributed by atoms with Crippen molar-refractivity contribution in [2.45, 2.75) is 40.3 Å². The molecule has 0 bridgehead atoms.